The number of carbonyl (C=O) groups excluding carboxylic acids is 1. The molecule has 1 amide bonds. The summed E-state index contributed by atoms with van der Waals surface area (Å²) in [6, 6.07) is 4.11. The fourth-order valence-electron chi connectivity index (χ4n) is 3.40. The zero-order valence-electron chi connectivity index (χ0n) is 17.1. The van der Waals surface area contributed by atoms with Gasteiger partial charge in [0.15, 0.2) is 0 Å². The summed E-state index contributed by atoms with van der Waals surface area (Å²) in [4.78, 5) is 20.5. The van der Waals surface area contributed by atoms with Gasteiger partial charge in [-0.1, -0.05) is 28.3 Å². The van der Waals surface area contributed by atoms with Crippen molar-refractivity contribution in [3.05, 3.63) is 57.6 Å². The third-order valence-electron chi connectivity index (χ3n) is 5.18. The third-order valence-corrected chi connectivity index (χ3v) is 5.49. The number of hydrogen-bond donors (Lipinski definition) is 2. The third kappa shape index (κ3) is 4.43. The van der Waals surface area contributed by atoms with E-state index in [1.165, 1.54) is 23.8 Å². The van der Waals surface area contributed by atoms with Crippen LogP contribution in [0, 0.1) is 5.82 Å². The number of tetrazole rings is 1. The first-order valence-electron chi connectivity index (χ1n) is 9.93. The number of carbonyl (C=O) groups is 1. The molecule has 1 aromatic heterocycles. The Morgan fingerprint density at radius 2 is 2.26 bits per heavy atom. The lowest BCUT2D eigenvalue weighted by Crippen LogP contribution is -2.46. The molecule has 1 aromatic carbocycles. The van der Waals surface area contributed by atoms with Gasteiger partial charge in [0.25, 0.3) is 11.9 Å². The highest BCUT2D eigenvalue weighted by molar-refractivity contribution is 6.33. The molecular formula is C20H22ClFN8O. The van der Waals surface area contributed by atoms with Crippen molar-refractivity contribution in [1.82, 2.24) is 30.8 Å². The number of benzene rings is 1. The van der Waals surface area contributed by atoms with Crippen LogP contribution in [0.3, 0.4) is 0 Å². The number of rotatable bonds is 5. The lowest BCUT2D eigenvalue weighted by atomic mass is 9.99. The standard InChI is InChI=1S/C20H22ClFN8O/c1-3-30-27-20(26-28-30)29-8-7-12(2)13(11-29)16-9-24-17(10-23-16)25-19(31)18-14(21)5-4-6-15(18)22/h4-6,9-10,17,24H,3,7-8,11H2,1-2H3,(H,25,31). The Balaban J connectivity index is 1.43. The average molecular weight is 445 g/mol. The molecule has 31 heavy (non-hydrogen) atoms. The Labute approximate surface area is 183 Å². The molecular weight excluding hydrogens is 423 g/mol. The topological polar surface area (TPSA) is 100 Å². The molecule has 0 saturated carbocycles. The van der Waals surface area contributed by atoms with Crippen LogP contribution in [0.1, 0.15) is 30.6 Å². The summed E-state index contributed by atoms with van der Waals surface area (Å²) in [6.45, 7) is 6.10. The number of aromatic nitrogens is 4. The van der Waals surface area contributed by atoms with Crippen LogP contribution in [0.5, 0.6) is 0 Å². The first-order chi connectivity index (χ1) is 15.0. The van der Waals surface area contributed by atoms with Gasteiger partial charge in [-0.2, -0.15) is 4.80 Å². The van der Waals surface area contributed by atoms with Crippen molar-refractivity contribution < 1.29 is 9.18 Å². The summed E-state index contributed by atoms with van der Waals surface area (Å²) in [7, 11) is 0. The van der Waals surface area contributed by atoms with Gasteiger partial charge in [0.1, 0.15) is 12.0 Å². The molecule has 0 fully saturated rings. The van der Waals surface area contributed by atoms with E-state index in [0.717, 1.165) is 24.2 Å². The molecule has 2 aliphatic rings. The average Bonchev–Trinajstić information content (AvgIpc) is 3.24. The minimum atomic E-state index is -0.675. The van der Waals surface area contributed by atoms with Crippen LogP contribution in [-0.4, -0.2) is 51.6 Å². The second kappa shape index (κ2) is 8.84. The van der Waals surface area contributed by atoms with Gasteiger partial charge < -0.3 is 15.5 Å². The number of nitrogens with zero attached hydrogens (tertiary/aromatic N) is 6. The first kappa shape index (κ1) is 21.0. The van der Waals surface area contributed by atoms with Gasteiger partial charge in [0.05, 0.1) is 22.8 Å². The van der Waals surface area contributed by atoms with E-state index < -0.39 is 17.9 Å². The highest BCUT2D eigenvalue weighted by atomic mass is 35.5. The Kier molecular flexibility index (Phi) is 5.99. The number of hydrogen-bond acceptors (Lipinski definition) is 7. The van der Waals surface area contributed by atoms with Gasteiger partial charge in [-0.15, -0.1) is 5.10 Å². The smallest absolute Gasteiger partial charge is 0.266 e. The number of aryl methyl sites for hydroxylation is 1. The zero-order chi connectivity index (χ0) is 22.0. The van der Waals surface area contributed by atoms with Crippen LogP contribution in [0.25, 0.3) is 0 Å². The maximum atomic E-state index is 14.0. The number of aliphatic imine (C=N–C) groups is 1. The van der Waals surface area contributed by atoms with Crippen molar-refractivity contribution in [3.8, 4) is 0 Å². The molecule has 4 rings (SSSR count). The maximum Gasteiger partial charge on any atom is 0.266 e. The van der Waals surface area contributed by atoms with E-state index in [1.54, 1.807) is 17.2 Å². The zero-order valence-corrected chi connectivity index (χ0v) is 17.9. The summed E-state index contributed by atoms with van der Waals surface area (Å²) in [5.41, 5.74) is 2.86. The van der Waals surface area contributed by atoms with Gasteiger partial charge in [-0.25, -0.2) is 4.39 Å². The van der Waals surface area contributed by atoms with Crippen molar-refractivity contribution in [2.45, 2.75) is 33.0 Å². The van der Waals surface area contributed by atoms with Crippen molar-refractivity contribution >= 4 is 29.7 Å². The summed E-state index contributed by atoms with van der Waals surface area (Å²) in [5.74, 6) is -0.703. The van der Waals surface area contributed by atoms with Crippen LogP contribution < -0.4 is 15.5 Å². The van der Waals surface area contributed by atoms with Crippen LogP contribution in [0.4, 0.5) is 10.3 Å². The Morgan fingerprint density at radius 3 is 2.94 bits per heavy atom. The Hall–Kier alpha value is -3.27. The largest absolute Gasteiger partial charge is 0.365 e. The van der Waals surface area contributed by atoms with Gasteiger partial charge >= 0.3 is 0 Å². The monoisotopic (exact) mass is 444 g/mol. The quantitative estimate of drug-likeness (QED) is 0.733. The fraction of sp³-hybridized carbons (Fsp3) is 0.350. The highest BCUT2D eigenvalue weighted by Crippen LogP contribution is 2.27. The van der Waals surface area contributed by atoms with Crippen molar-refractivity contribution in [2.24, 2.45) is 4.99 Å². The fourth-order valence-corrected chi connectivity index (χ4v) is 3.65. The first-order valence-corrected chi connectivity index (χ1v) is 10.3. The lowest BCUT2D eigenvalue weighted by Gasteiger charge is -2.30. The normalized spacial score (nSPS) is 18.6. The van der Waals surface area contributed by atoms with E-state index in [0.29, 0.717) is 19.0 Å². The molecule has 0 saturated heterocycles. The minimum Gasteiger partial charge on any atom is -0.365 e. The van der Waals surface area contributed by atoms with E-state index in [4.69, 9.17) is 11.6 Å². The minimum absolute atomic E-state index is 0.0539. The number of amides is 1. The van der Waals surface area contributed by atoms with Crippen LogP contribution in [0.15, 0.2) is 46.2 Å². The van der Waals surface area contributed by atoms with E-state index in [2.05, 4.69) is 42.9 Å². The predicted molar refractivity (Wildman–Crippen MR) is 115 cm³/mol. The highest BCUT2D eigenvalue weighted by Gasteiger charge is 2.24. The number of nitrogens with one attached hydrogen (secondary N) is 2. The van der Waals surface area contributed by atoms with Crippen molar-refractivity contribution in [3.63, 3.8) is 0 Å². The van der Waals surface area contributed by atoms with Gasteiger partial charge in [-0.3, -0.25) is 9.79 Å². The molecule has 2 aliphatic heterocycles. The molecule has 1 atom stereocenters. The number of anilines is 1. The van der Waals surface area contributed by atoms with Crippen LogP contribution in [-0.2, 0) is 6.54 Å². The molecule has 162 valence electrons. The van der Waals surface area contributed by atoms with Crippen molar-refractivity contribution in [2.75, 3.05) is 18.0 Å². The second-order valence-corrected chi connectivity index (χ2v) is 7.64. The molecule has 0 bridgehead atoms. The van der Waals surface area contributed by atoms with E-state index >= 15 is 0 Å². The summed E-state index contributed by atoms with van der Waals surface area (Å²) < 4.78 is 14.0. The SMILES string of the molecule is CCn1nnc(N2CCC(C)=C(C3=CNC(NC(=O)c4c(F)cccc4Cl)C=N3)C2)n1. The molecule has 3 heterocycles. The second-order valence-electron chi connectivity index (χ2n) is 7.23. The molecule has 9 nitrogen and oxygen atoms in total. The van der Waals surface area contributed by atoms with Crippen LogP contribution in [0.2, 0.25) is 5.02 Å². The van der Waals surface area contributed by atoms with E-state index in [-0.39, 0.29) is 10.6 Å². The Morgan fingerprint density at radius 1 is 1.42 bits per heavy atom. The molecule has 0 radical (unpaired) electrons. The maximum absolute atomic E-state index is 14.0. The van der Waals surface area contributed by atoms with Gasteiger partial charge in [0.2, 0.25) is 0 Å². The Bertz CT molecular complexity index is 1070. The van der Waals surface area contributed by atoms with E-state index in [9.17, 15) is 9.18 Å². The van der Waals surface area contributed by atoms with Crippen LogP contribution >= 0.6 is 11.6 Å². The summed E-state index contributed by atoms with van der Waals surface area (Å²) in [6.07, 6.45) is 3.59. The molecule has 0 spiro atoms. The molecule has 1 unspecified atom stereocenters. The lowest BCUT2D eigenvalue weighted by molar-refractivity contribution is 0.0940. The summed E-state index contributed by atoms with van der Waals surface area (Å²) in [5, 5.41) is 18.3. The predicted octanol–water partition coefficient (Wildman–Crippen LogP) is 2.28. The molecule has 0 aliphatic carbocycles. The molecule has 2 N–H and O–H groups in total. The molecule has 2 aromatic rings. The number of halogens is 2. The summed E-state index contributed by atoms with van der Waals surface area (Å²) >= 11 is 5.96. The van der Waals surface area contributed by atoms with E-state index in [1.807, 2.05) is 6.92 Å². The van der Waals surface area contributed by atoms with Gasteiger partial charge in [-0.05, 0) is 43.2 Å². The van der Waals surface area contributed by atoms with Crippen molar-refractivity contribution in [1.29, 1.82) is 0 Å². The van der Waals surface area contributed by atoms with Gasteiger partial charge in [0, 0.05) is 25.5 Å². The molecule has 11 heteroatoms.